The average Bonchev–Trinajstić information content (AvgIpc) is 2.31. The predicted octanol–water partition coefficient (Wildman–Crippen LogP) is 2.76. The zero-order valence-corrected chi connectivity index (χ0v) is 13.0. The van der Waals surface area contributed by atoms with Crippen molar-refractivity contribution < 1.29 is 14.3 Å². The monoisotopic (exact) mass is 273 g/mol. The summed E-state index contributed by atoms with van der Waals surface area (Å²) in [7, 11) is 0. The first kappa shape index (κ1) is 18.4. The van der Waals surface area contributed by atoms with Crippen molar-refractivity contribution in [3.63, 3.8) is 0 Å². The molecule has 0 aromatic rings. The van der Waals surface area contributed by atoms with Crippen molar-refractivity contribution in [3.05, 3.63) is 0 Å². The van der Waals surface area contributed by atoms with Crippen LogP contribution < -0.4 is 5.32 Å². The molecule has 0 aliphatic rings. The highest BCUT2D eigenvalue weighted by molar-refractivity contribution is 5.75. The third kappa shape index (κ3) is 15.3. The molecule has 4 heteroatoms. The van der Waals surface area contributed by atoms with Crippen LogP contribution in [-0.4, -0.2) is 38.4 Å². The lowest BCUT2D eigenvalue weighted by atomic mass is 10.1. The van der Waals surface area contributed by atoms with Crippen LogP contribution in [0.5, 0.6) is 0 Å². The maximum atomic E-state index is 11.4. The standard InChI is InChI=1S/C15H31NO3/c1-13(2)7-9-16-15(17)8-12-18-10-5-6-11-19-14(3)4/h13-14H,5-12H2,1-4H3,(H,16,17). The molecule has 1 amide bonds. The van der Waals surface area contributed by atoms with E-state index in [0.717, 1.165) is 32.4 Å². The zero-order chi connectivity index (χ0) is 14.5. The largest absolute Gasteiger partial charge is 0.381 e. The number of carbonyl (C=O) groups excluding carboxylic acids is 1. The number of nitrogens with one attached hydrogen (secondary N) is 1. The molecule has 0 saturated heterocycles. The lowest BCUT2D eigenvalue weighted by Gasteiger charge is -2.08. The number of amides is 1. The minimum absolute atomic E-state index is 0.0868. The number of carbonyl (C=O) groups is 1. The molecule has 0 radical (unpaired) electrons. The van der Waals surface area contributed by atoms with Gasteiger partial charge in [-0.05, 0) is 39.0 Å². The van der Waals surface area contributed by atoms with Crippen molar-refractivity contribution in [2.24, 2.45) is 5.92 Å². The van der Waals surface area contributed by atoms with Gasteiger partial charge in [-0.2, -0.15) is 0 Å². The molecule has 0 aromatic carbocycles. The third-order valence-corrected chi connectivity index (χ3v) is 2.65. The average molecular weight is 273 g/mol. The Labute approximate surface area is 118 Å². The molecule has 114 valence electrons. The van der Waals surface area contributed by atoms with E-state index in [1.807, 2.05) is 13.8 Å². The second-order valence-corrected chi connectivity index (χ2v) is 5.52. The highest BCUT2D eigenvalue weighted by atomic mass is 16.5. The lowest BCUT2D eigenvalue weighted by Crippen LogP contribution is -2.26. The van der Waals surface area contributed by atoms with Gasteiger partial charge in [0.2, 0.25) is 5.91 Å². The van der Waals surface area contributed by atoms with Crippen LogP contribution in [0.15, 0.2) is 0 Å². The Morgan fingerprint density at radius 1 is 1.05 bits per heavy atom. The highest BCUT2D eigenvalue weighted by Gasteiger charge is 2.01. The summed E-state index contributed by atoms with van der Waals surface area (Å²) in [6.07, 6.45) is 3.79. The van der Waals surface area contributed by atoms with E-state index in [9.17, 15) is 4.79 Å². The van der Waals surface area contributed by atoms with E-state index in [1.54, 1.807) is 0 Å². The van der Waals surface area contributed by atoms with Crippen LogP contribution in [0.3, 0.4) is 0 Å². The van der Waals surface area contributed by atoms with Crippen molar-refractivity contribution in [2.45, 2.75) is 59.5 Å². The Morgan fingerprint density at radius 3 is 2.37 bits per heavy atom. The van der Waals surface area contributed by atoms with Gasteiger partial charge in [-0.3, -0.25) is 4.79 Å². The third-order valence-electron chi connectivity index (χ3n) is 2.65. The molecule has 19 heavy (non-hydrogen) atoms. The van der Waals surface area contributed by atoms with Crippen molar-refractivity contribution in [2.75, 3.05) is 26.4 Å². The maximum Gasteiger partial charge on any atom is 0.222 e. The Balaban J connectivity index is 3.18. The van der Waals surface area contributed by atoms with Gasteiger partial charge in [0.1, 0.15) is 0 Å². The highest BCUT2D eigenvalue weighted by Crippen LogP contribution is 1.97. The van der Waals surface area contributed by atoms with E-state index in [-0.39, 0.29) is 5.91 Å². The van der Waals surface area contributed by atoms with Crippen molar-refractivity contribution in [3.8, 4) is 0 Å². The zero-order valence-electron chi connectivity index (χ0n) is 13.0. The summed E-state index contributed by atoms with van der Waals surface area (Å²) in [5.74, 6) is 0.716. The Hall–Kier alpha value is -0.610. The van der Waals surface area contributed by atoms with Gasteiger partial charge in [0.25, 0.3) is 0 Å². The second-order valence-electron chi connectivity index (χ2n) is 5.52. The lowest BCUT2D eigenvalue weighted by molar-refractivity contribution is -0.122. The van der Waals surface area contributed by atoms with Gasteiger partial charge in [-0.15, -0.1) is 0 Å². The van der Waals surface area contributed by atoms with E-state index >= 15 is 0 Å². The molecular weight excluding hydrogens is 242 g/mol. The Morgan fingerprint density at radius 2 is 1.74 bits per heavy atom. The summed E-state index contributed by atoms with van der Waals surface area (Å²) in [6, 6.07) is 0. The Bertz CT molecular complexity index is 217. The Kier molecular flexibility index (Phi) is 12.0. The van der Waals surface area contributed by atoms with E-state index in [1.165, 1.54) is 0 Å². The van der Waals surface area contributed by atoms with Crippen LogP contribution in [-0.2, 0) is 14.3 Å². The van der Waals surface area contributed by atoms with Crippen LogP contribution in [0, 0.1) is 5.92 Å². The molecule has 0 bridgehead atoms. The summed E-state index contributed by atoms with van der Waals surface area (Å²) in [6.45, 7) is 11.2. The number of ether oxygens (including phenoxy) is 2. The summed E-state index contributed by atoms with van der Waals surface area (Å²) < 4.78 is 10.9. The molecule has 0 aliphatic carbocycles. The number of hydrogen-bond donors (Lipinski definition) is 1. The first-order chi connectivity index (χ1) is 9.02. The quantitative estimate of drug-likeness (QED) is 0.556. The van der Waals surface area contributed by atoms with Crippen LogP contribution in [0.25, 0.3) is 0 Å². The maximum absolute atomic E-state index is 11.4. The summed E-state index contributed by atoms with van der Waals surface area (Å²) >= 11 is 0. The fourth-order valence-electron chi connectivity index (χ4n) is 1.48. The van der Waals surface area contributed by atoms with Gasteiger partial charge in [0.15, 0.2) is 0 Å². The second kappa shape index (κ2) is 12.4. The smallest absolute Gasteiger partial charge is 0.222 e. The molecule has 0 rings (SSSR count). The van der Waals surface area contributed by atoms with Crippen LogP contribution in [0.1, 0.15) is 53.4 Å². The molecular formula is C15H31NO3. The normalized spacial score (nSPS) is 11.3. The minimum atomic E-state index is 0.0868. The first-order valence-electron chi connectivity index (χ1n) is 7.48. The molecule has 0 fully saturated rings. The number of unbranched alkanes of at least 4 members (excludes halogenated alkanes) is 1. The number of hydrogen-bond acceptors (Lipinski definition) is 3. The van der Waals surface area contributed by atoms with Crippen LogP contribution in [0.2, 0.25) is 0 Å². The predicted molar refractivity (Wildman–Crippen MR) is 78.2 cm³/mol. The fourth-order valence-corrected chi connectivity index (χ4v) is 1.48. The summed E-state index contributed by atoms with van der Waals surface area (Å²) in [5.41, 5.74) is 0. The van der Waals surface area contributed by atoms with Gasteiger partial charge >= 0.3 is 0 Å². The topological polar surface area (TPSA) is 47.6 Å². The molecule has 0 saturated carbocycles. The van der Waals surface area contributed by atoms with E-state index < -0.39 is 0 Å². The van der Waals surface area contributed by atoms with Gasteiger partial charge < -0.3 is 14.8 Å². The number of rotatable bonds is 12. The molecule has 0 spiro atoms. The summed E-state index contributed by atoms with van der Waals surface area (Å²) in [4.78, 5) is 11.4. The SMILES string of the molecule is CC(C)CCNC(=O)CCOCCCCOC(C)C. The molecule has 0 atom stereocenters. The van der Waals surface area contributed by atoms with Crippen LogP contribution in [0.4, 0.5) is 0 Å². The van der Waals surface area contributed by atoms with Crippen molar-refractivity contribution in [1.82, 2.24) is 5.32 Å². The van der Waals surface area contributed by atoms with E-state index in [4.69, 9.17) is 9.47 Å². The summed E-state index contributed by atoms with van der Waals surface area (Å²) in [5, 5.41) is 2.90. The van der Waals surface area contributed by atoms with Crippen LogP contribution >= 0.6 is 0 Å². The first-order valence-corrected chi connectivity index (χ1v) is 7.48. The van der Waals surface area contributed by atoms with Crippen molar-refractivity contribution in [1.29, 1.82) is 0 Å². The van der Waals surface area contributed by atoms with E-state index in [0.29, 0.717) is 31.7 Å². The van der Waals surface area contributed by atoms with Crippen molar-refractivity contribution >= 4 is 5.91 Å². The molecule has 0 heterocycles. The van der Waals surface area contributed by atoms with E-state index in [2.05, 4.69) is 19.2 Å². The van der Waals surface area contributed by atoms with Gasteiger partial charge in [-0.25, -0.2) is 0 Å². The molecule has 1 N–H and O–H groups in total. The van der Waals surface area contributed by atoms with Gasteiger partial charge in [-0.1, -0.05) is 13.8 Å². The molecule has 4 nitrogen and oxygen atoms in total. The molecule has 0 aromatic heterocycles. The minimum Gasteiger partial charge on any atom is -0.381 e. The van der Waals surface area contributed by atoms with Gasteiger partial charge in [0, 0.05) is 26.2 Å². The molecule has 0 aliphatic heterocycles. The molecule has 0 unspecified atom stereocenters. The van der Waals surface area contributed by atoms with Gasteiger partial charge in [0.05, 0.1) is 12.7 Å². The fraction of sp³-hybridized carbons (Fsp3) is 0.933.